The first kappa shape index (κ1) is 8.91. The van der Waals surface area contributed by atoms with Gasteiger partial charge in [0.05, 0.1) is 12.3 Å². The first-order valence-electron chi connectivity index (χ1n) is 4.14. The van der Waals surface area contributed by atoms with Crippen LogP contribution in [0.3, 0.4) is 0 Å². The molecule has 0 saturated carbocycles. The molecule has 1 aromatic carbocycles. The largest absolute Gasteiger partial charge is 0.492 e. The predicted molar refractivity (Wildman–Crippen MR) is 51.5 cm³/mol. The molecule has 0 aliphatic rings. The molecule has 0 aromatic heterocycles. The van der Waals surface area contributed by atoms with Gasteiger partial charge in [0.25, 0.3) is 0 Å². The van der Waals surface area contributed by atoms with Crippen molar-refractivity contribution in [3.8, 4) is 5.75 Å². The summed E-state index contributed by atoms with van der Waals surface area (Å²) in [4.78, 5) is 0. The van der Waals surface area contributed by atoms with Crippen LogP contribution in [0, 0.1) is 13.8 Å². The Morgan fingerprint density at radius 2 is 2.00 bits per heavy atom. The number of hydrogen-bond donors (Lipinski definition) is 1. The molecule has 0 bridgehead atoms. The summed E-state index contributed by atoms with van der Waals surface area (Å²) in [6.45, 7) is 6.64. The van der Waals surface area contributed by atoms with E-state index in [4.69, 9.17) is 10.5 Å². The molecule has 0 fully saturated rings. The van der Waals surface area contributed by atoms with Gasteiger partial charge in [-0.05, 0) is 38.0 Å². The van der Waals surface area contributed by atoms with Crippen molar-refractivity contribution in [2.45, 2.75) is 20.8 Å². The third-order valence-corrected chi connectivity index (χ3v) is 1.79. The summed E-state index contributed by atoms with van der Waals surface area (Å²) in [5.74, 6) is 0.801. The third kappa shape index (κ3) is 1.70. The van der Waals surface area contributed by atoms with Crippen molar-refractivity contribution < 1.29 is 4.74 Å². The van der Waals surface area contributed by atoms with Gasteiger partial charge in [0.2, 0.25) is 0 Å². The summed E-state index contributed by atoms with van der Waals surface area (Å²) < 4.78 is 5.37. The third-order valence-electron chi connectivity index (χ3n) is 1.79. The standard InChI is InChI=1S/C10H15NO/c1-4-12-9-6-7(2)5-8(3)10(9)11/h5-6H,4,11H2,1-3H3. The summed E-state index contributed by atoms with van der Waals surface area (Å²) in [6.07, 6.45) is 0. The maximum Gasteiger partial charge on any atom is 0.142 e. The van der Waals surface area contributed by atoms with Gasteiger partial charge in [-0.1, -0.05) is 6.07 Å². The van der Waals surface area contributed by atoms with E-state index in [-0.39, 0.29) is 0 Å². The lowest BCUT2D eigenvalue weighted by atomic mass is 10.1. The maximum absolute atomic E-state index is 5.81. The zero-order valence-electron chi connectivity index (χ0n) is 7.85. The van der Waals surface area contributed by atoms with Crippen LogP contribution in [0.2, 0.25) is 0 Å². The quantitative estimate of drug-likeness (QED) is 0.682. The fourth-order valence-electron chi connectivity index (χ4n) is 1.21. The van der Waals surface area contributed by atoms with Gasteiger partial charge in [-0.2, -0.15) is 0 Å². The average Bonchev–Trinajstić information content (AvgIpc) is 2.00. The molecular weight excluding hydrogens is 150 g/mol. The van der Waals surface area contributed by atoms with Crippen LogP contribution in [0.15, 0.2) is 12.1 Å². The number of nitrogen functional groups attached to an aromatic ring is 1. The Balaban J connectivity index is 3.09. The highest BCUT2D eigenvalue weighted by Gasteiger charge is 2.02. The number of ether oxygens (including phenoxy) is 1. The minimum absolute atomic E-state index is 0.660. The highest BCUT2D eigenvalue weighted by atomic mass is 16.5. The molecule has 12 heavy (non-hydrogen) atoms. The van der Waals surface area contributed by atoms with Crippen LogP contribution in [0.1, 0.15) is 18.1 Å². The molecule has 66 valence electrons. The van der Waals surface area contributed by atoms with Crippen molar-refractivity contribution in [2.24, 2.45) is 0 Å². The van der Waals surface area contributed by atoms with Crippen LogP contribution >= 0.6 is 0 Å². The van der Waals surface area contributed by atoms with Crippen LogP contribution in [0.4, 0.5) is 5.69 Å². The molecule has 2 heteroatoms. The Labute approximate surface area is 73.3 Å². The minimum atomic E-state index is 0.660. The molecule has 0 radical (unpaired) electrons. The van der Waals surface area contributed by atoms with Gasteiger partial charge in [0.1, 0.15) is 5.75 Å². The minimum Gasteiger partial charge on any atom is -0.492 e. The first-order valence-corrected chi connectivity index (χ1v) is 4.14. The Morgan fingerprint density at radius 1 is 1.33 bits per heavy atom. The van der Waals surface area contributed by atoms with E-state index in [0.717, 1.165) is 17.0 Å². The summed E-state index contributed by atoms with van der Waals surface area (Å²) in [5.41, 5.74) is 8.83. The fraction of sp³-hybridized carbons (Fsp3) is 0.400. The predicted octanol–water partition coefficient (Wildman–Crippen LogP) is 2.28. The maximum atomic E-state index is 5.81. The van der Waals surface area contributed by atoms with Crippen LogP contribution in [0.25, 0.3) is 0 Å². The number of rotatable bonds is 2. The second-order valence-corrected chi connectivity index (χ2v) is 2.93. The highest BCUT2D eigenvalue weighted by Crippen LogP contribution is 2.26. The van der Waals surface area contributed by atoms with E-state index < -0.39 is 0 Å². The van der Waals surface area contributed by atoms with Crippen LogP contribution in [-0.2, 0) is 0 Å². The zero-order valence-corrected chi connectivity index (χ0v) is 7.85. The average molecular weight is 165 g/mol. The van der Waals surface area contributed by atoms with Crippen molar-refractivity contribution in [2.75, 3.05) is 12.3 Å². The molecule has 0 aliphatic carbocycles. The monoisotopic (exact) mass is 165 g/mol. The lowest BCUT2D eigenvalue weighted by Crippen LogP contribution is -1.99. The molecule has 0 spiro atoms. The van der Waals surface area contributed by atoms with Crippen LogP contribution in [-0.4, -0.2) is 6.61 Å². The van der Waals surface area contributed by atoms with Crippen molar-refractivity contribution in [1.82, 2.24) is 0 Å². The van der Waals surface area contributed by atoms with Gasteiger partial charge >= 0.3 is 0 Å². The molecule has 2 nitrogen and oxygen atoms in total. The molecule has 0 atom stereocenters. The molecule has 0 saturated heterocycles. The number of hydrogen-bond acceptors (Lipinski definition) is 2. The molecule has 1 rings (SSSR count). The lowest BCUT2D eigenvalue weighted by molar-refractivity contribution is 0.341. The van der Waals surface area contributed by atoms with Crippen LogP contribution < -0.4 is 10.5 Å². The molecule has 2 N–H and O–H groups in total. The zero-order chi connectivity index (χ0) is 9.14. The smallest absolute Gasteiger partial charge is 0.142 e. The molecule has 1 aromatic rings. The normalized spacial score (nSPS) is 9.92. The van der Waals surface area contributed by atoms with E-state index >= 15 is 0 Å². The van der Waals surface area contributed by atoms with E-state index in [9.17, 15) is 0 Å². The molecule has 0 heterocycles. The number of benzene rings is 1. The van der Waals surface area contributed by atoms with E-state index in [0.29, 0.717) is 6.61 Å². The van der Waals surface area contributed by atoms with Crippen molar-refractivity contribution in [3.63, 3.8) is 0 Å². The second kappa shape index (κ2) is 3.48. The van der Waals surface area contributed by atoms with Crippen molar-refractivity contribution in [1.29, 1.82) is 0 Å². The van der Waals surface area contributed by atoms with E-state index in [1.807, 2.05) is 26.8 Å². The fourth-order valence-corrected chi connectivity index (χ4v) is 1.21. The van der Waals surface area contributed by atoms with Gasteiger partial charge in [0.15, 0.2) is 0 Å². The van der Waals surface area contributed by atoms with E-state index in [1.165, 1.54) is 5.56 Å². The topological polar surface area (TPSA) is 35.2 Å². The summed E-state index contributed by atoms with van der Waals surface area (Å²) in [6, 6.07) is 4.02. The van der Waals surface area contributed by atoms with Crippen LogP contribution in [0.5, 0.6) is 5.75 Å². The second-order valence-electron chi connectivity index (χ2n) is 2.93. The van der Waals surface area contributed by atoms with Gasteiger partial charge in [0, 0.05) is 0 Å². The van der Waals surface area contributed by atoms with Crippen molar-refractivity contribution in [3.05, 3.63) is 23.3 Å². The molecule has 0 unspecified atom stereocenters. The van der Waals surface area contributed by atoms with Gasteiger partial charge in [-0.25, -0.2) is 0 Å². The Hall–Kier alpha value is -1.18. The van der Waals surface area contributed by atoms with Gasteiger partial charge in [-0.15, -0.1) is 0 Å². The lowest BCUT2D eigenvalue weighted by Gasteiger charge is -2.09. The van der Waals surface area contributed by atoms with Gasteiger partial charge in [-0.3, -0.25) is 0 Å². The van der Waals surface area contributed by atoms with E-state index in [1.54, 1.807) is 0 Å². The Kier molecular flexibility index (Phi) is 2.58. The number of nitrogens with two attached hydrogens (primary N) is 1. The number of aryl methyl sites for hydroxylation is 2. The highest BCUT2D eigenvalue weighted by molar-refractivity contribution is 5.59. The van der Waals surface area contributed by atoms with Gasteiger partial charge < -0.3 is 10.5 Å². The Morgan fingerprint density at radius 3 is 2.58 bits per heavy atom. The number of anilines is 1. The van der Waals surface area contributed by atoms with Crippen molar-refractivity contribution >= 4 is 5.69 Å². The molecule has 0 amide bonds. The summed E-state index contributed by atoms with van der Waals surface area (Å²) in [7, 11) is 0. The first-order chi connectivity index (χ1) is 5.65. The molecule has 0 aliphatic heterocycles. The SMILES string of the molecule is CCOc1cc(C)cc(C)c1N. The molecular formula is C10H15NO. The summed E-state index contributed by atoms with van der Waals surface area (Å²) >= 11 is 0. The van der Waals surface area contributed by atoms with E-state index in [2.05, 4.69) is 6.07 Å². The Bertz CT molecular complexity index is 281. The summed E-state index contributed by atoms with van der Waals surface area (Å²) in [5, 5.41) is 0.